The van der Waals surface area contributed by atoms with E-state index >= 15 is 0 Å². The second-order valence-electron chi connectivity index (χ2n) is 2.92. The van der Waals surface area contributed by atoms with Crippen molar-refractivity contribution in [1.82, 2.24) is 8.75 Å². The van der Waals surface area contributed by atoms with Crippen molar-refractivity contribution in [1.29, 1.82) is 0 Å². The quantitative estimate of drug-likeness (QED) is 0.902. The van der Waals surface area contributed by atoms with Crippen molar-refractivity contribution in [2.24, 2.45) is 0 Å². The van der Waals surface area contributed by atoms with Crippen LogP contribution in [0.1, 0.15) is 0 Å². The van der Waals surface area contributed by atoms with Gasteiger partial charge in [0, 0.05) is 0 Å². The SMILES string of the molecule is O=C(O)CNc1c(Cl)cc(Cl)c2nsnc12. The second kappa shape index (κ2) is 4.40. The average Bonchev–Trinajstić information content (AvgIpc) is 2.65. The van der Waals surface area contributed by atoms with E-state index < -0.39 is 5.97 Å². The van der Waals surface area contributed by atoms with Crippen molar-refractivity contribution in [3.8, 4) is 0 Å². The summed E-state index contributed by atoms with van der Waals surface area (Å²) in [4.78, 5) is 10.5. The highest BCUT2D eigenvalue weighted by atomic mass is 35.5. The molecule has 0 aliphatic carbocycles. The Hall–Kier alpha value is -1.11. The molecule has 5 nitrogen and oxygen atoms in total. The Kier molecular flexibility index (Phi) is 3.13. The fraction of sp³-hybridized carbons (Fsp3) is 0.125. The number of carboxylic acids is 1. The minimum Gasteiger partial charge on any atom is -0.480 e. The number of fused-ring (bicyclic) bond motifs is 1. The van der Waals surface area contributed by atoms with Gasteiger partial charge in [-0.25, -0.2) is 0 Å². The van der Waals surface area contributed by atoms with Crippen LogP contribution in [-0.2, 0) is 4.79 Å². The van der Waals surface area contributed by atoms with Crippen LogP contribution in [0.2, 0.25) is 10.0 Å². The van der Waals surface area contributed by atoms with Crippen molar-refractivity contribution in [3.63, 3.8) is 0 Å². The Labute approximate surface area is 104 Å². The molecule has 0 spiro atoms. The first kappa shape index (κ1) is 11.4. The predicted molar refractivity (Wildman–Crippen MR) is 63.6 cm³/mol. The highest BCUT2D eigenvalue weighted by molar-refractivity contribution is 7.00. The lowest BCUT2D eigenvalue weighted by Crippen LogP contribution is -2.12. The number of aliphatic carboxylic acids is 1. The molecule has 0 saturated heterocycles. The molecular weight excluding hydrogens is 273 g/mol. The third kappa shape index (κ3) is 2.04. The molecule has 0 aliphatic heterocycles. The number of carboxylic acid groups (broad SMARTS) is 1. The van der Waals surface area contributed by atoms with Crippen molar-refractivity contribution >= 4 is 57.6 Å². The monoisotopic (exact) mass is 277 g/mol. The van der Waals surface area contributed by atoms with Crippen molar-refractivity contribution in [2.45, 2.75) is 0 Å². The fourth-order valence-corrected chi connectivity index (χ4v) is 2.39. The zero-order valence-corrected chi connectivity index (χ0v) is 10.0. The first-order valence-corrected chi connectivity index (χ1v) is 5.64. The van der Waals surface area contributed by atoms with Crippen LogP contribution in [0.5, 0.6) is 0 Å². The predicted octanol–water partition coefficient (Wildman–Crippen LogP) is 2.49. The van der Waals surface area contributed by atoms with Crippen molar-refractivity contribution in [3.05, 3.63) is 16.1 Å². The molecule has 1 aromatic carbocycles. The van der Waals surface area contributed by atoms with Crippen LogP contribution in [0.25, 0.3) is 11.0 Å². The smallest absolute Gasteiger partial charge is 0.322 e. The summed E-state index contributed by atoms with van der Waals surface area (Å²) >= 11 is 12.9. The Morgan fingerprint density at radius 1 is 1.38 bits per heavy atom. The molecule has 0 radical (unpaired) electrons. The minimum atomic E-state index is -0.984. The van der Waals surface area contributed by atoms with Gasteiger partial charge in [0.15, 0.2) is 0 Å². The molecule has 16 heavy (non-hydrogen) atoms. The minimum absolute atomic E-state index is 0.242. The maximum Gasteiger partial charge on any atom is 0.322 e. The summed E-state index contributed by atoms with van der Waals surface area (Å²) in [5.74, 6) is -0.984. The topological polar surface area (TPSA) is 75.1 Å². The summed E-state index contributed by atoms with van der Waals surface area (Å²) in [6.45, 7) is -0.242. The molecule has 84 valence electrons. The van der Waals surface area contributed by atoms with Gasteiger partial charge in [-0.3, -0.25) is 4.79 Å². The van der Waals surface area contributed by atoms with E-state index in [0.717, 1.165) is 11.7 Å². The van der Waals surface area contributed by atoms with E-state index in [1.54, 1.807) is 0 Å². The molecule has 2 aromatic rings. The van der Waals surface area contributed by atoms with Crippen molar-refractivity contribution in [2.75, 3.05) is 11.9 Å². The molecule has 0 bridgehead atoms. The summed E-state index contributed by atoms with van der Waals surface area (Å²) in [5.41, 5.74) is 1.45. The third-order valence-electron chi connectivity index (χ3n) is 1.86. The molecule has 0 fully saturated rings. The molecule has 8 heteroatoms. The van der Waals surface area contributed by atoms with Gasteiger partial charge in [-0.1, -0.05) is 23.2 Å². The first-order valence-electron chi connectivity index (χ1n) is 4.15. The van der Waals surface area contributed by atoms with Crippen molar-refractivity contribution < 1.29 is 9.90 Å². The largest absolute Gasteiger partial charge is 0.480 e. The number of nitrogens with zero attached hydrogens (tertiary/aromatic N) is 2. The van der Waals surface area contributed by atoms with Crippen LogP contribution in [0, 0.1) is 0 Å². The van der Waals surface area contributed by atoms with Gasteiger partial charge in [0.05, 0.1) is 27.5 Å². The lowest BCUT2D eigenvalue weighted by Gasteiger charge is -2.06. The number of benzene rings is 1. The number of rotatable bonds is 3. The number of carbonyl (C=O) groups is 1. The van der Waals surface area contributed by atoms with E-state index in [-0.39, 0.29) is 6.54 Å². The molecule has 1 aromatic heterocycles. The number of aromatic nitrogens is 2. The molecule has 0 aliphatic rings. The number of hydrogen-bond acceptors (Lipinski definition) is 5. The summed E-state index contributed by atoms with van der Waals surface area (Å²) < 4.78 is 8.02. The van der Waals surface area contributed by atoms with Gasteiger partial charge in [-0.2, -0.15) is 8.75 Å². The van der Waals surface area contributed by atoms with E-state index in [2.05, 4.69) is 14.1 Å². The maximum atomic E-state index is 10.5. The number of anilines is 1. The lowest BCUT2D eigenvalue weighted by atomic mass is 10.2. The third-order valence-corrected chi connectivity index (χ3v) is 2.97. The number of nitrogens with one attached hydrogen (secondary N) is 1. The van der Waals surface area contributed by atoms with E-state index in [0.29, 0.717) is 26.8 Å². The van der Waals surface area contributed by atoms with Crippen LogP contribution in [0.4, 0.5) is 5.69 Å². The van der Waals surface area contributed by atoms with Gasteiger partial charge in [-0.05, 0) is 6.07 Å². The zero-order valence-electron chi connectivity index (χ0n) is 7.70. The van der Waals surface area contributed by atoms with Crippen LogP contribution < -0.4 is 5.32 Å². The van der Waals surface area contributed by atoms with E-state index in [1.807, 2.05) is 0 Å². The highest BCUT2D eigenvalue weighted by Gasteiger charge is 2.14. The second-order valence-corrected chi connectivity index (χ2v) is 4.27. The molecule has 0 atom stereocenters. The molecule has 1 heterocycles. The van der Waals surface area contributed by atoms with Crippen LogP contribution >= 0.6 is 34.9 Å². The van der Waals surface area contributed by atoms with Gasteiger partial charge in [0.2, 0.25) is 0 Å². The number of hydrogen-bond donors (Lipinski definition) is 2. The summed E-state index contributed by atoms with van der Waals surface area (Å²) in [7, 11) is 0. The van der Waals surface area contributed by atoms with Gasteiger partial charge >= 0.3 is 5.97 Å². The summed E-state index contributed by atoms with van der Waals surface area (Å²) in [5, 5.41) is 12.0. The maximum absolute atomic E-state index is 10.5. The Balaban J connectivity index is 2.50. The summed E-state index contributed by atoms with van der Waals surface area (Å²) in [6, 6.07) is 1.51. The molecule has 2 N–H and O–H groups in total. The molecular formula is C8H5Cl2N3O2S. The lowest BCUT2D eigenvalue weighted by molar-refractivity contribution is -0.134. The molecule has 0 amide bonds. The Morgan fingerprint density at radius 2 is 2.06 bits per heavy atom. The molecule has 0 saturated carbocycles. The van der Waals surface area contributed by atoms with Crippen LogP contribution in [0.3, 0.4) is 0 Å². The average molecular weight is 278 g/mol. The first-order chi connectivity index (χ1) is 7.59. The van der Waals surface area contributed by atoms with Crippen LogP contribution in [-0.4, -0.2) is 26.4 Å². The van der Waals surface area contributed by atoms with E-state index in [1.165, 1.54) is 6.07 Å². The fourth-order valence-electron chi connectivity index (χ4n) is 1.21. The van der Waals surface area contributed by atoms with Gasteiger partial charge in [0.25, 0.3) is 0 Å². The standard InChI is InChI=1S/C8H5Cl2N3O2S/c9-3-1-4(10)7-8(13-16-12-7)6(3)11-2-5(14)15/h1,11H,2H2,(H,14,15). The van der Waals surface area contributed by atoms with Gasteiger partial charge in [-0.15, -0.1) is 0 Å². The Bertz CT molecular complexity index is 557. The van der Waals surface area contributed by atoms with Gasteiger partial charge < -0.3 is 10.4 Å². The van der Waals surface area contributed by atoms with E-state index in [4.69, 9.17) is 28.3 Å². The number of halogens is 2. The highest BCUT2D eigenvalue weighted by Crippen LogP contribution is 2.34. The molecule has 0 unspecified atom stereocenters. The normalized spacial score (nSPS) is 10.6. The Morgan fingerprint density at radius 3 is 2.75 bits per heavy atom. The van der Waals surface area contributed by atoms with E-state index in [9.17, 15) is 4.79 Å². The van der Waals surface area contributed by atoms with Crippen LogP contribution in [0.15, 0.2) is 6.07 Å². The van der Waals surface area contributed by atoms with Gasteiger partial charge in [0.1, 0.15) is 17.6 Å². The zero-order chi connectivity index (χ0) is 11.7. The summed E-state index contributed by atoms with van der Waals surface area (Å²) in [6.07, 6.45) is 0. The molecule has 2 rings (SSSR count).